The number of rotatable bonds is 8. The molecule has 1 saturated carbocycles. The van der Waals surface area contributed by atoms with Crippen LogP contribution < -0.4 is 5.48 Å². The van der Waals surface area contributed by atoms with Crippen molar-refractivity contribution in [2.75, 3.05) is 0 Å². The van der Waals surface area contributed by atoms with E-state index in [1.54, 1.807) is 0 Å². The Morgan fingerprint density at radius 2 is 1.50 bits per heavy atom. The van der Waals surface area contributed by atoms with E-state index in [4.69, 9.17) is 0 Å². The molecule has 2 aromatic carbocycles. The van der Waals surface area contributed by atoms with E-state index in [-0.39, 0.29) is 0 Å². The molecule has 2 nitrogen and oxygen atoms in total. The number of nitrogens with one attached hydrogen (secondary N) is 1. The van der Waals surface area contributed by atoms with Gasteiger partial charge in [-0.05, 0) is 67.2 Å². The summed E-state index contributed by atoms with van der Waals surface area (Å²) in [5.74, 6) is 0. The molecule has 24 heavy (non-hydrogen) atoms. The van der Waals surface area contributed by atoms with Crippen LogP contribution in [0.3, 0.4) is 0 Å². The van der Waals surface area contributed by atoms with E-state index in [9.17, 15) is 5.21 Å². The van der Waals surface area contributed by atoms with Gasteiger partial charge in [0.25, 0.3) is 0 Å². The maximum Gasteiger partial charge on any atom is 0.0412 e. The van der Waals surface area contributed by atoms with Gasteiger partial charge in [-0.1, -0.05) is 54.6 Å². The third-order valence-electron chi connectivity index (χ3n) is 4.91. The number of unbranched alkanes of at least 4 members (excludes halogenated alkanes) is 1. The lowest BCUT2D eigenvalue weighted by molar-refractivity contribution is 0.194. The van der Waals surface area contributed by atoms with E-state index in [0.717, 1.165) is 37.8 Å². The predicted octanol–water partition coefficient (Wildman–Crippen LogP) is 5.21. The number of aryl methyl sites for hydroxylation is 2. The molecule has 0 amide bonds. The van der Waals surface area contributed by atoms with Crippen molar-refractivity contribution in [3.63, 3.8) is 0 Å². The van der Waals surface area contributed by atoms with E-state index < -0.39 is 0 Å². The van der Waals surface area contributed by atoms with Crippen molar-refractivity contribution in [2.45, 2.75) is 51.4 Å². The van der Waals surface area contributed by atoms with E-state index in [1.807, 2.05) is 0 Å². The van der Waals surface area contributed by atoms with E-state index in [0.29, 0.717) is 0 Å². The summed E-state index contributed by atoms with van der Waals surface area (Å²) < 4.78 is 0. The summed E-state index contributed by atoms with van der Waals surface area (Å²) >= 11 is 0. The topological polar surface area (TPSA) is 32.3 Å². The average Bonchev–Trinajstić information content (AvgIpc) is 2.58. The predicted molar refractivity (Wildman–Crippen MR) is 99.0 cm³/mol. The number of hydrogen-bond acceptors (Lipinski definition) is 2. The van der Waals surface area contributed by atoms with Crippen molar-refractivity contribution in [3.8, 4) is 0 Å². The summed E-state index contributed by atoms with van der Waals surface area (Å²) in [4.78, 5) is 0. The van der Waals surface area contributed by atoms with Crippen LogP contribution in [0.1, 0.15) is 48.8 Å². The zero-order chi connectivity index (χ0) is 16.6. The van der Waals surface area contributed by atoms with E-state index >= 15 is 0 Å². The maximum atomic E-state index is 9.37. The average molecular weight is 321 g/mol. The fourth-order valence-corrected chi connectivity index (χ4v) is 3.30. The second kappa shape index (κ2) is 8.70. The molecule has 2 aromatic rings. The molecule has 0 atom stereocenters. The Balaban J connectivity index is 1.50. The SMILES string of the molecule is ONC(Cc1cccc(CCCCc2ccccc2)c1)=C1CCC1. The van der Waals surface area contributed by atoms with Crippen molar-refractivity contribution in [2.24, 2.45) is 0 Å². The zero-order valence-corrected chi connectivity index (χ0v) is 14.3. The Morgan fingerprint density at radius 1 is 0.833 bits per heavy atom. The molecule has 0 heterocycles. The first kappa shape index (κ1) is 16.8. The van der Waals surface area contributed by atoms with Crippen LogP contribution in [0.4, 0.5) is 0 Å². The minimum atomic E-state index is 0.809. The summed E-state index contributed by atoms with van der Waals surface area (Å²) in [6.07, 6.45) is 9.03. The Bertz CT molecular complexity index is 669. The highest BCUT2D eigenvalue weighted by Crippen LogP contribution is 2.29. The molecule has 0 aliphatic heterocycles. The molecule has 2 heteroatoms. The standard InChI is InChI=1S/C22H27NO/c24-23-22(21-14-7-15-21)17-20-13-6-12-19(16-20)11-5-4-10-18-8-2-1-3-9-18/h1-3,6,8-9,12-13,16,23-24H,4-5,7,10-11,14-15,17H2. The molecule has 0 saturated heterocycles. The van der Waals surface area contributed by atoms with Crippen LogP contribution in [0.2, 0.25) is 0 Å². The zero-order valence-electron chi connectivity index (χ0n) is 14.3. The Kier molecular flexibility index (Phi) is 6.08. The van der Waals surface area contributed by atoms with Gasteiger partial charge in [-0.3, -0.25) is 10.7 Å². The van der Waals surface area contributed by atoms with Gasteiger partial charge in [-0.15, -0.1) is 0 Å². The van der Waals surface area contributed by atoms with Crippen molar-refractivity contribution in [3.05, 3.63) is 82.6 Å². The van der Waals surface area contributed by atoms with Gasteiger partial charge in [0, 0.05) is 12.1 Å². The fourth-order valence-electron chi connectivity index (χ4n) is 3.30. The molecular formula is C22H27NO. The van der Waals surface area contributed by atoms with Crippen molar-refractivity contribution in [1.29, 1.82) is 0 Å². The van der Waals surface area contributed by atoms with Crippen LogP contribution in [0.15, 0.2) is 65.9 Å². The van der Waals surface area contributed by atoms with Gasteiger partial charge >= 0.3 is 0 Å². The molecule has 0 bridgehead atoms. The van der Waals surface area contributed by atoms with Gasteiger partial charge in [0.15, 0.2) is 0 Å². The maximum absolute atomic E-state index is 9.37. The third kappa shape index (κ3) is 4.72. The van der Waals surface area contributed by atoms with E-state index in [2.05, 4.69) is 60.1 Å². The Hall–Kier alpha value is -2.06. The lowest BCUT2D eigenvalue weighted by Crippen LogP contribution is -2.16. The summed E-state index contributed by atoms with van der Waals surface area (Å²) in [6.45, 7) is 0. The lowest BCUT2D eigenvalue weighted by atomic mass is 9.88. The van der Waals surface area contributed by atoms with Crippen molar-refractivity contribution < 1.29 is 5.21 Å². The first-order valence-corrected chi connectivity index (χ1v) is 9.08. The second-order valence-electron chi connectivity index (χ2n) is 6.74. The third-order valence-corrected chi connectivity index (χ3v) is 4.91. The van der Waals surface area contributed by atoms with Crippen LogP contribution in [0.5, 0.6) is 0 Å². The molecular weight excluding hydrogens is 294 g/mol. The normalized spacial score (nSPS) is 13.5. The van der Waals surface area contributed by atoms with Gasteiger partial charge in [-0.2, -0.15) is 0 Å². The summed E-state index contributed by atoms with van der Waals surface area (Å²) in [7, 11) is 0. The smallest absolute Gasteiger partial charge is 0.0412 e. The molecule has 1 aliphatic rings. The number of benzene rings is 2. The minimum Gasteiger partial charge on any atom is -0.291 e. The fraction of sp³-hybridized carbons (Fsp3) is 0.364. The molecule has 0 unspecified atom stereocenters. The minimum absolute atomic E-state index is 0.809. The number of hydroxylamine groups is 1. The lowest BCUT2D eigenvalue weighted by Gasteiger charge is -2.21. The molecule has 126 valence electrons. The van der Waals surface area contributed by atoms with Gasteiger partial charge in [0.2, 0.25) is 0 Å². The van der Waals surface area contributed by atoms with Crippen molar-refractivity contribution >= 4 is 0 Å². The molecule has 1 fully saturated rings. The first-order chi connectivity index (χ1) is 11.8. The van der Waals surface area contributed by atoms with Gasteiger partial charge in [0.05, 0.1) is 0 Å². The van der Waals surface area contributed by atoms with Crippen LogP contribution in [0.25, 0.3) is 0 Å². The van der Waals surface area contributed by atoms with Crippen LogP contribution in [-0.2, 0) is 19.3 Å². The van der Waals surface area contributed by atoms with Crippen LogP contribution in [0, 0.1) is 0 Å². The van der Waals surface area contributed by atoms with Gasteiger partial charge in [-0.25, -0.2) is 0 Å². The van der Waals surface area contributed by atoms with Gasteiger partial charge in [0.1, 0.15) is 0 Å². The first-order valence-electron chi connectivity index (χ1n) is 9.08. The van der Waals surface area contributed by atoms with Gasteiger partial charge < -0.3 is 0 Å². The Labute approximate surface area is 145 Å². The molecule has 1 aliphatic carbocycles. The molecule has 0 radical (unpaired) electrons. The second-order valence-corrected chi connectivity index (χ2v) is 6.74. The highest BCUT2D eigenvalue weighted by atomic mass is 16.5. The number of allylic oxidation sites excluding steroid dienone is 2. The van der Waals surface area contributed by atoms with Crippen LogP contribution >= 0.6 is 0 Å². The van der Waals surface area contributed by atoms with E-state index in [1.165, 1.54) is 41.5 Å². The van der Waals surface area contributed by atoms with Crippen molar-refractivity contribution in [1.82, 2.24) is 5.48 Å². The molecule has 0 spiro atoms. The molecule has 2 N–H and O–H groups in total. The summed E-state index contributed by atoms with van der Waals surface area (Å²) in [5.41, 5.74) is 8.92. The highest BCUT2D eigenvalue weighted by Gasteiger charge is 2.14. The molecule has 3 rings (SSSR count). The molecule has 0 aromatic heterocycles. The highest BCUT2D eigenvalue weighted by molar-refractivity contribution is 5.29. The summed E-state index contributed by atoms with van der Waals surface area (Å²) in [6, 6.07) is 19.5. The quantitative estimate of drug-likeness (QED) is 0.516. The monoisotopic (exact) mass is 321 g/mol. The number of hydrogen-bond donors (Lipinski definition) is 2. The Morgan fingerprint density at radius 3 is 2.17 bits per heavy atom. The summed E-state index contributed by atoms with van der Waals surface area (Å²) in [5, 5.41) is 9.37. The largest absolute Gasteiger partial charge is 0.291 e. The van der Waals surface area contributed by atoms with Crippen LogP contribution in [-0.4, -0.2) is 5.21 Å².